The van der Waals surface area contributed by atoms with Gasteiger partial charge in [-0.1, -0.05) is 32.9 Å². The Bertz CT molecular complexity index is 711. The molecule has 1 rings (SSSR count). The van der Waals surface area contributed by atoms with E-state index in [1.54, 1.807) is 27.7 Å². The van der Waals surface area contributed by atoms with Crippen LogP contribution in [0.2, 0.25) is 18.1 Å². The molecule has 0 unspecified atom stereocenters. The van der Waals surface area contributed by atoms with Crippen molar-refractivity contribution in [2.24, 2.45) is 0 Å². The summed E-state index contributed by atoms with van der Waals surface area (Å²) in [5, 5.41) is 0.00191. The molecule has 6 heteroatoms. The molecule has 1 aromatic rings. The van der Waals surface area contributed by atoms with Gasteiger partial charge in [-0.05, 0) is 64.4 Å². The van der Waals surface area contributed by atoms with E-state index in [9.17, 15) is 9.59 Å². The van der Waals surface area contributed by atoms with Crippen LogP contribution in [0.3, 0.4) is 0 Å². The first-order chi connectivity index (χ1) is 12.5. The van der Waals surface area contributed by atoms with Gasteiger partial charge in [-0.3, -0.25) is 4.79 Å². The second-order valence-electron chi connectivity index (χ2n) is 9.82. The molecule has 0 N–H and O–H groups in total. The van der Waals surface area contributed by atoms with Crippen molar-refractivity contribution in [1.82, 2.24) is 0 Å². The van der Waals surface area contributed by atoms with Gasteiger partial charge in [0.2, 0.25) is 0 Å². The highest BCUT2D eigenvalue weighted by Gasteiger charge is 2.40. The Kier molecular flexibility index (Phi) is 7.51. The summed E-state index contributed by atoms with van der Waals surface area (Å²) in [4.78, 5) is 24.8. The van der Waals surface area contributed by atoms with Gasteiger partial charge < -0.3 is 13.9 Å². The molecule has 0 aliphatic rings. The van der Waals surface area contributed by atoms with Crippen molar-refractivity contribution in [3.63, 3.8) is 0 Å². The summed E-state index contributed by atoms with van der Waals surface area (Å²) in [6.07, 6.45) is -0.587. The molecule has 0 saturated heterocycles. The summed E-state index contributed by atoms with van der Waals surface area (Å²) >= 11 is 0. The zero-order chi connectivity index (χ0) is 21.9. The van der Waals surface area contributed by atoms with E-state index >= 15 is 0 Å². The zero-order valence-electron chi connectivity index (χ0n) is 19.1. The van der Waals surface area contributed by atoms with Crippen LogP contribution in [-0.4, -0.2) is 32.0 Å². The predicted octanol–water partition coefficient (Wildman–Crippen LogP) is 5.66. The SMILES string of the molecule is Cc1cccc(O[Si](C)(C)C(C)(C)C)c1C(=O)O[C@H](C)CC(=O)OC(C)(C)C. The standard InChI is InChI=1S/C22H36O5Si/c1-15-12-11-13-17(27-28(9,10)22(6,7)8)19(15)20(24)25-16(2)14-18(23)26-21(3,4)5/h11-13,16H,14H2,1-10H3/t16-/m1/s1. The Morgan fingerprint density at radius 2 is 1.64 bits per heavy atom. The fraction of sp³-hybridized carbons (Fsp3) is 0.636. The molecule has 5 nitrogen and oxygen atoms in total. The number of hydrogen-bond acceptors (Lipinski definition) is 5. The lowest BCUT2D eigenvalue weighted by Gasteiger charge is -2.37. The Hall–Kier alpha value is -1.82. The Labute approximate surface area is 170 Å². The Morgan fingerprint density at radius 3 is 2.14 bits per heavy atom. The van der Waals surface area contributed by atoms with Crippen LogP contribution in [0.15, 0.2) is 18.2 Å². The monoisotopic (exact) mass is 408 g/mol. The second kappa shape index (κ2) is 8.68. The molecule has 0 aromatic heterocycles. The van der Waals surface area contributed by atoms with E-state index < -0.39 is 32.0 Å². The molecule has 0 amide bonds. The van der Waals surface area contributed by atoms with Gasteiger partial charge in [-0.25, -0.2) is 4.79 Å². The maximum atomic E-state index is 12.9. The van der Waals surface area contributed by atoms with Gasteiger partial charge in [0.1, 0.15) is 23.0 Å². The predicted molar refractivity (Wildman–Crippen MR) is 114 cm³/mol. The minimum absolute atomic E-state index is 0.00191. The fourth-order valence-electron chi connectivity index (χ4n) is 2.32. The lowest BCUT2D eigenvalue weighted by atomic mass is 10.1. The van der Waals surface area contributed by atoms with E-state index in [-0.39, 0.29) is 11.5 Å². The van der Waals surface area contributed by atoms with Crippen LogP contribution in [0.25, 0.3) is 0 Å². The van der Waals surface area contributed by atoms with Crippen molar-refractivity contribution in [1.29, 1.82) is 0 Å². The molecule has 0 radical (unpaired) electrons. The molecule has 0 fully saturated rings. The number of aryl methyl sites for hydroxylation is 1. The smallest absolute Gasteiger partial charge is 0.342 e. The summed E-state index contributed by atoms with van der Waals surface area (Å²) in [6.45, 7) is 19.7. The van der Waals surface area contributed by atoms with Crippen LogP contribution < -0.4 is 4.43 Å². The molecule has 0 bridgehead atoms. The molecule has 28 heavy (non-hydrogen) atoms. The number of rotatable bonds is 6. The maximum absolute atomic E-state index is 12.9. The molecule has 0 saturated carbocycles. The first-order valence-corrected chi connectivity index (χ1v) is 12.7. The largest absolute Gasteiger partial charge is 0.543 e. The first-order valence-electron chi connectivity index (χ1n) is 9.75. The average Bonchev–Trinajstić information content (AvgIpc) is 2.42. The highest BCUT2D eigenvalue weighted by Crippen LogP contribution is 2.38. The van der Waals surface area contributed by atoms with Gasteiger partial charge in [0.25, 0.3) is 8.32 Å². The average molecular weight is 409 g/mol. The van der Waals surface area contributed by atoms with Gasteiger partial charge in [0.15, 0.2) is 0 Å². The number of carbonyl (C=O) groups excluding carboxylic acids is 2. The quantitative estimate of drug-likeness (QED) is 0.449. The molecular formula is C22H36O5Si. The van der Waals surface area contributed by atoms with E-state index in [0.717, 1.165) is 5.56 Å². The lowest BCUT2D eigenvalue weighted by Crippen LogP contribution is -2.44. The van der Waals surface area contributed by atoms with E-state index in [2.05, 4.69) is 33.9 Å². The minimum atomic E-state index is -2.12. The van der Waals surface area contributed by atoms with Gasteiger partial charge in [0.05, 0.1) is 6.42 Å². The molecule has 0 heterocycles. The fourth-order valence-corrected chi connectivity index (χ4v) is 3.34. The van der Waals surface area contributed by atoms with Crippen molar-refractivity contribution >= 4 is 20.3 Å². The van der Waals surface area contributed by atoms with Crippen LogP contribution in [0, 0.1) is 6.92 Å². The van der Waals surface area contributed by atoms with Crippen LogP contribution in [-0.2, 0) is 14.3 Å². The normalized spacial score (nSPS) is 13.6. The molecular weight excluding hydrogens is 372 g/mol. The lowest BCUT2D eigenvalue weighted by molar-refractivity contribution is -0.156. The third kappa shape index (κ3) is 6.97. The van der Waals surface area contributed by atoms with Gasteiger partial charge in [0, 0.05) is 0 Å². The van der Waals surface area contributed by atoms with Crippen molar-refractivity contribution in [3.05, 3.63) is 29.3 Å². The van der Waals surface area contributed by atoms with Gasteiger partial charge in [-0.15, -0.1) is 0 Å². The van der Waals surface area contributed by atoms with Crippen molar-refractivity contribution in [3.8, 4) is 5.75 Å². The third-order valence-electron chi connectivity index (χ3n) is 4.79. The molecule has 1 aromatic carbocycles. The van der Waals surface area contributed by atoms with Gasteiger partial charge in [-0.2, -0.15) is 0 Å². The van der Waals surface area contributed by atoms with Crippen molar-refractivity contribution < 1.29 is 23.5 Å². The van der Waals surface area contributed by atoms with Crippen LogP contribution in [0.4, 0.5) is 0 Å². The number of ether oxygens (including phenoxy) is 2. The number of hydrogen-bond donors (Lipinski definition) is 0. The van der Waals surface area contributed by atoms with E-state index in [0.29, 0.717) is 11.3 Å². The zero-order valence-corrected chi connectivity index (χ0v) is 20.1. The summed E-state index contributed by atoms with van der Waals surface area (Å²) in [5.74, 6) is -0.334. The Balaban J connectivity index is 2.98. The number of esters is 2. The maximum Gasteiger partial charge on any atom is 0.342 e. The van der Waals surface area contributed by atoms with E-state index in [1.165, 1.54) is 0 Å². The second-order valence-corrected chi connectivity index (χ2v) is 14.5. The number of benzene rings is 1. The summed E-state index contributed by atoms with van der Waals surface area (Å²) in [7, 11) is -2.12. The third-order valence-corrected chi connectivity index (χ3v) is 9.13. The Morgan fingerprint density at radius 1 is 1.07 bits per heavy atom. The summed E-state index contributed by atoms with van der Waals surface area (Å²) < 4.78 is 17.2. The van der Waals surface area contributed by atoms with Crippen LogP contribution in [0.5, 0.6) is 5.75 Å². The molecule has 1 atom stereocenters. The topological polar surface area (TPSA) is 61.8 Å². The van der Waals surface area contributed by atoms with E-state index in [4.69, 9.17) is 13.9 Å². The summed E-state index contributed by atoms with van der Waals surface area (Å²) in [6, 6.07) is 5.54. The van der Waals surface area contributed by atoms with Crippen molar-refractivity contribution in [2.75, 3.05) is 0 Å². The molecule has 0 aliphatic heterocycles. The van der Waals surface area contributed by atoms with Crippen LogP contribution in [0.1, 0.15) is 70.8 Å². The molecule has 158 valence electrons. The highest BCUT2D eigenvalue weighted by atomic mass is 28.4. The van der Waals surface area contributed by atoms with Crippen molar-refractivity contribution in [2.45, 2.75) is 91.6 Å². The summed E-state index contributed by atoms with van der Waals surface area (Å²) in [5.41, 5.74) is 0.634. The first kappa shape index (κ1) is 24.2. The van der Waals surface area contributed by atoms with E-state index in [1.807, 2.05) is 25.1 Å². The highest BCUT2D eigenvalue weighted by molar-refractivity contribution is 6.74. The number of carbonyl (C=O) groups is 2. The van der Waals surface area contributed by atoms with Crippen LogP contribution >= 0.6 is 0 Å². The minimum Gasteiger partial charge on any atom is -0.543 e. The molecule has 0 spiro atoms. The molecule has 0 aliphatic carbocycles. The van der Waals surface area contributed by atoms with Gasteiger partial charge >= 0.3 is 11.9 Å².